The molecule has 1 fully saturated rings. The SMILES string of the molecule is CC(C)Oc1ccccc1NC(=O)C1CC(=O)N(Cc2ccc(F)cc2)C1. The molecular weight excluding hydrogens is 347 g/mol. The fourth-order valence-corrected chi connectivity index (χ4v) is 3.07. The molecule has 27 heavy (non-hydrogen) atoms. The molecule has 2 amide bonds. The van der Waals surface area contributed by atoms with E-state index in [1.807, 2.05) is 26.0 Å². The van der Waals surface area contributed by atoms with Gasteiger partial charge in [0, 0.05) is 19.5 Å². The van der Waals surface area contributed by atoms with Crippen LogP contribution in [-0.4, -0.2) is 29.4 Å². The third-order valence-corrected chi connectivity index (χ3v) is 4.38. The summed E-state index contributed by atoms with van der Waals surface area (Å²) in [5.41, 5.74) is 1.43. The van der Waals surface area contributed by atoms with E-state index in [1.54, 1.807) is 29.2 Å². The summed E-state index contributed by atoms with van der Waals surface area (Å²) in [4.78, 5) is 26.6. The van der Waals surface area contributed by atoms with Gasteiger partial charge in [0.25, 0.3) is 0 Å². The van der Waals surface area contributed by atoms with Gasteiger partial charge in [-0.1, -0.05) is 24.3 Å². The van der Waals surface area contributed by atoms with Gasteiger partial charge in [-0.2, -0.15) is 0 Å². The first kappa shape index (κ1) is 18.9. The molecule has 5 nitrogen and oxygen atoms in total. The topological polar surface area (TPSA) is 58.6 Å². The molecule has 1 unspecified atom stereocenters. The Hall–Kier alpha value is -2.89. The predicted molar refractivity (Wildman–Crippen MR) is 101 cm³/mol. The standard InChI is InChI=1S/C21H23FN2O3/c1-14(2)27-19-6-4-3-5-18(19)23-21(26)16-11-20(25)24(13-16)12-15-7-9-17(22)10-8-15/h3-10,14,16H,11-13H2,1-2H3,(H,23,26). The molecule has 6 heteroatoms. The van der Waals surface area contributed by atoms with Crippen molar-refractivity contribution >= 4 is 17.5 Å². The number of carbonyl (C=O) groups excluding carboxylic acids is 2. The number of likely N-dealkylation sites (tertiary alicyclic amines) is 1. The zero-order valence-corrected chi connectivity index (χ0v) is 15.4. The molecule has 2 aromatic carbocycles. The number of ether oxygens (including phenoxy) is 1. The van der Waals surface area contributed by atoms with E-state index < -0.39 is 5.92 Å². The van der Waals surface area contributed by atoms with Crippen molar-refractivity contribution in [1.82, 2.24) is 4.90 Å². The van der Waals surface area contributed by atoms with Gasteiger partial charge in [-0.25, -0.2) is 4.39 Å². The van der Waals surface area contributed by atoms with Crippen LogP contribution >= 0.6 is 0 Å². The van der Waals surface area contributed by atoms with E-state index in [1.165, 1.54) is 12.1 Å². The average Bonchev–Trinajstić information content (AvgIpc) is 2.99. The minimum atomic E-state index is -0.426. The lowest BCUT2D eigenvalue weighted by Gasteiger charge is -2.18. The Morgan fingerprint density at radius 2 is 1.93 bits per heavy atom. The number of halogens is 1. The smallest absolute Gasteiger partial charge is 0.229 e. The number of nitrogens with one attached hydrogen (secondary N) is 1. The molecule has 1 atom stereocenters. The van der Waals surface area contributed by atoms with Crippen LogP contribution in [0.1, 0.15) is 25.8 Å². The molecular formula is C21H23FN2O3. The van der Waals surface area contributed by atoms with E-state index in [-0.39, 0.29) is 30.2 Å². The van der Waals surface area contributed by atoms with E-state index in [4.69, 9.17) is 4.74 Å². The molecule has 142 valence electrons. The van der Waals surface area contributed by atoms with Crippen LogP contribution in [0.2, 0.25) is 0 Å². The summed E-state index contributed by atoms with van der Waals surface area (Å²) < 4.78 is 18.7. The molecule has 0 bridgehead atoms. The number of rotatable bonds is 6. The number of hydrogen-bond donors (Lipinski definition) is 1. The molecule has 1 heterocycles. The van der Waals surface area contributed by atoms with Crippen molar-refractivity contribution in [1.29, 1.82) is 0 Å². The Labute approximate surface area is 158 Å². The Morgan fingerprint density at radius 1 is 1.22 bits per heavy atom. The van der Waals surface area contributed by atoms with Crippen molar-refractivity contribution < 1.29 is 18.7 Å². The highest BCUT2D eigenvalue weighted by Crippen LogP contribution is 2.27. The highest BCUT2D eigenvalue weighted by atomic mass is 19.1. The highest BCUT2D eigenvalue weighted by molar-refractivity contribution is 5.98. The fourth-order valence-electron chi connectivity index (χ4n) is 3.07. The van der Waals surface area contributed by atoms with E-state index in [0.29, 0.717) is 24.5 Å². The number of carbonyl (C=O) groups is 2. The van der Waals surface area contributed by atoms with E-state index in [9.17, 15) is 14.0 Å². The first-order chi connectivity index (χ1) is 12.9. The first-order valence-electron chi connectivity index (χ1n) is 9.01. The molecule has 1 N–H and O–H groups in total. The number of amides is 2. The van der Waals surface area contributed by atoms with Gasteiger partial charge < -0.3 is 15.0 Å². The number of benzene rings is 2. The normalized spacial score (nSPS) is 16.7. The molecule has 0 aliphatic carbocycles. The van der Waals surface area contributed by atoms with Crippen molar-refractivity contribution in [2.24, 2.45) is 5.92 Å². The molecule has 1 aliphatic rings. The summed E-state index contributed by atoms with van der Waals surface area (Å²) in [6, 6.07) is 13.3. The quantitative estimate of drug-likeness (QED) is 0.845. The second-order valence-electron chi connectivity index (χ2n) is 6.95. The van der Waals surface area contributed by atoms with Crippen LogP contribution in [0.4, 0.5) is 10.1 Å². The lowest BCUT2D eigenvalue weighted by Crippen LogP contribution is -2.28. The highest BCUT2D eigenvalue weighted by Gasteiger charge is 2.34. The van der Waals surface area contributed by atoms with Crippen molar-refractivity contribution in [3.8, 4) is 5.75 Å². The predicted octanol–water partition coefficient (Wildman–Crippen LogP) is 3.60. The van der Waals surface area contributed by atoms with Crippen LogP contribution in [0.25, 0.3) is 0 Å². The van der Waals surface area contributed by atoms with Gasteiger partial charge in [-0.05, 0) is 43.7 Å². The van der Waals surface area contributed by atoms with Gasteiger partial charge in [-0.15, -0.1) is 0 Å². The van der Waals surface area contributed by atoms with Crippen LogP contribution < -0.4 is 10.1 Å². The Balaban J connectivity index is 1.63. The molecule has 0 radical (unpaired) electrons. The van der Waals surface area contributed by atoms with Crippen molar-refractivity contribution in [2.75, 3.05) is 11.9 Å². The molecule has 2 aromatic rings. The van der Waals surface area contributed by atoms with Gasteiger partial charge in [0.15, 0.2) is 0 Å². The molecule has 1 aliphatic heterocycles. The maximum Gasteiger partial charge on any atom is 0.229 e. The monoisotopic (exact) mass is 370 g/mol. The van der Waals surface area contributed by atoms with Crippen LogP contribution in [0, 0.1) is 11.7 Å². The van der Waals surface area contributed by atoms with Gasteiger partial charge in [0.05, 0.1) is 17.7 Å². The van der Waals surface area contributed by atoms with Gasteiger partial charge >= 0.3 is 0 Å². The average molecular weight is 370 g/mol. The lowest BCUT2D eigenvalue weighted by atomic mass is 10.1. The van der Waals surface area contributed by atoms with Crippen LogP contribution in [0.3, 0.4) is 0 Å². The summed E-state index contributed by atoms with van der Waals surface area (Å²) in [7, 11) is 0. The second kappa shape index (κ2) is 8.20. The number of para-hydroxylation sites is 2. The van der Waals surface area contributed by atoms with Gasteiger partial charge in [0.2, 0.25) is 11.8 Å². The zero-order valence-electron chi connectivity index (χ0n) is 15.4. The molecule has 0 spiro atoms. The van der Waals surface area contributed by atoms with Crippen molar-refractivity contribution in [3.05, 3.63) is 59.9 Å². The maximum absolute atomic E-state index is 13.0. The molecule has 0 saturated carbocycles. The molecule has 0 aromatic heterocycles. The maximum atomic E-state index is 13.0. The first-order valence-corrected chi connectivity index (χ1v) is 9.01. The zero-order chi connectivity index (χ0) is 19.4. The van der Waals surface area contributed by atoms with E-state index in [2.05, 4.69) is 5.32 Å². The number of nitrogens with zero attached hydrogens (tertiary/aromatic N) is 1. The summed E-state index contributed by atoms with van der Waals surface area (Å²) in [6.07, 6.45) is 0.155. The Bertz CT molecular complexity index is 820. The number of anilines is 1. The van der Waals surface area contributed by atoms with Crippen molar-refractivity contribution in [3.63, 3.8) is 0 Å². The minimum Gasteiger partial charge on any atom is -0.489 e. The van der Waals surface area contributed by atoms with Crippen LogP contribution in [0.15, 0.2) is 48.5 Å². The van der Waals surface area contributed by atoms with Gasteiger partial charge in [-0.3, -0.25) is 9.59 Å². The largest absolute Gasteiger partial charge is 0.489 e. The fraction of sp³-hybridized carbons (Fsp3) is 0.333. The van der Waals surface area contributed by atoms with Crippen LogP contribution in [-0.2, 0) is 16.1 Å². The third kappa shape index (κ3) is 4.84. The second-order valence-corrected chi connectivity index (χ2v) is 6.95. The molecule has 1 saturated heterocycles. The van der Waals surface area contributed by atoms with Crippen molar-refractivity contribution in [2.45, 2.75) is 32.9 Å². The summed E-state index contributed by atoms with van der Waals surface area (Å²) in [5.74, 6) is -0.416. The summed E-state index contributed by atoms with van der Waals surface area (Å²) in [6.45, 7) is 4.55. The molecule has 3 rings (SSSR count). The van der Waals surface area contributed by atoms with E-state index >= 15 is 0 Å². The third-order valence-electron chi connectivity index (χ3n) is 4.38. The summed E-state index contributed by atoms with van der Waals surface area (Å²) >= 11 is 0. The Morgan fingerprint density at radius 3 is 2.63 bits per heavy atom. The minimum absolute atomic E-state index is 0.0117. The summed E-state index contributed by atoms with van der Waals surface area (Å²) in [5, 5.41) is 2.88. The number of hydrogen-bond acceptors (Lipinski definition) is 3. The van der Waals surface area contributed by atoms with E-state index in [0.717, 1.165) is 5.56 Å². The lowest BCUT2D eigenvalue weighted by molar-refractivity contribution is -0.128. The van der Waals surface area contributed by atoms with Crippen LogP contribution in [0.5, 0.6) is 5.75 Å². The Kier molecular flexibility index (Phi) is 5.74. The van der Waals surface area contributed by atoms with Gasteiger partial charge in [0.1, 0.15) is 11.6 Å².